The van der Waals surface area contributed by atoms with Gasteiger partial charge in [0, 0.05) is 11.1 Å². The lowest BCUT2D eigenvalue weighted by atomic mass is 9.77. The highest BCUT2D eigenvalue weighted by molar-refractivity contribution is 5.84. The van der Waals surface area contributed by atoms with Crippen LogP contribution in [0.5, 0.6) is 5.75 Å². The van der Waals surface area contributed by atoms with E-state index in [2.05, 4.69) is 4.98 Å². The summed E-state index contributed by atoms with van der Waals surface area (Å²) in [6.45, 7) is 1.94. The fraction of sp³-hybridized carbons (Fsp3) is 0.375. The van der Waals surface area contributed by atoms with Gasteiger partial charge in [-0.3, -0.25) is 4.79 Å². The maximum Gasteiger partial charge on any atom is 0.307 e. The van der Waals surface area contributed by atoms with E-state index in [9.17, 15) is 4.79 Å². The number of fused-ring (bicyclic) bond motifs is 1. The first-order chi connectivity index (χ1) is 9.58. The van der Waals surface area contributed by atoms with Crippen LogP contribution in [0.2, 0.25) is 0 Å². The smallest absolute Gasteiger partial charge is 0.307 e. The molecule has 1 aromatic heterocycles. The van der Waals surface area contributed by atoms with Gasteiger partial charge in [0.1, 0.15) is 16.9 Å². The average molecular weight is 271 g/mol. The van der Waals surface area contributed by atoms with Crippen molar-refractivity contribution in [2.45, 2.75) is 38.2 Å². The van der Waals surface area contributed by atoms with Gasteiger partial charge in [-0.1, -0.05) is 18.2 Å². The van der Waals surface area contributed by atoms with Crippen LogP contribution >= 0.6 is 0 Å². The van der Waals surface area contributed by atoms with Gasteiger partial charge in [-0.15, -0.1) is 0 Å². The Kier molecular flexibility index (Phi) is 3.08. The summed E-state index contributed by atoms with van der Waals surface area (Å²) >= 11 is 0. The predicted octanol–water partition coefficient (Wildman–Crippen LogP) is 3.32. The Morgan fingerprint density at radius 1 is 1.35 bits per heavy atom. The Morgan fingerprint density at radius 2 is 2.15 bits per heavy atom. The van der Waals surface area contributed by atoms with Gasteiger partial charge in [-0.25, -0.2) is 4.98 Å². The molecular weight excluding hydrogens is 254 g/mol. The van der Waals surface area contributed by atoms with Crippen LogP contribution in [0.1, 0.15) is 31.4 Å². The molecule has 1 fully saturated rings. The molecule has 1 aliphatic rings. The van der Waals surface area contributed by atoms with Gasteiger partial charge in [0.15, 0.2) is 0 Å². The van der Waals surface area contributed by atoms with E-state index >= 15 is 0 Å². The monoisotopic (exact) mass is 271 g/mol. The number of carbonyl (C=O) groups is 1. The first-order valence-corrected chi connectivity index (χ1v) is 6.85. The lowest BCUT2D eigenvalue weighted by molar-refractivity contribution is -0.144. The molecule has 2 aromatic rings. The summed E-state index contributed by atoms with van der Waals surface area (Å²) in [4.78, 5) is 15.5. The maximum absolute atomic E-state index is 11.0. The number of ether oxygens (including phenoxy) is 1. The van der Waals surface area contributed by atoms with Gasteiger partial charge in [-0.2, -0.15) is 0 Å². The van der Waals surface area contributed by atoms with Gasteiger partial charge >= 0.3 is 5.97 Å². The van der Waals surface area contributed by atoms with Crippen molar-refractivity contribution in [3.05, 3.63) is 36.0 Å². The molecule has 0 atom stereocenters. The summed E-state index contributed by atoms with van der Waals surface area (Å²) in [5.74, 6) is -0.124. The van der Waals surface area contributed by atoms with Crippen molar-refractivity contribution >= 4 is 16.9 Å². The maximum atomic E-state index is 11.0. The summed E-state index contributed by atoms with van der Waals surface area (Å²) in [7, 11) is 0. The zero-order valence-corrected chi connectivity index (χ0v) is 11.4. The number of hydrogen-bond acceptors (Lipinski definition) is 3. The molecule has 0 saturated heterocycles. The lowest BCUT2D eigenvalue weighted by Gasteiger charge is -2.40. The van der Waals surface area contributed by atoms with Crippen molar-refractivity contribution in [2.75, 3.05) is 0 Å². The summed E-state index contributed by atoms with van der Waals surface area (Å²) in [6.07, 6.45) is 2.66. The third-order valence-corrected chi connectivity index (χ3v) is 3.89. The van der Waals surface area contributed by atoms with Gasteiger partial charge < -0.3 is 9.84 Å². The molecule has 20 heavy (non-hydrogen) atoms. The molecule has 0 aliphatic heterocycles. The molecular formula is C16H17NO3. The Balaban J connectivity index is 1.97. The van der Waals surface area contributed by atoms with Crippen LogP contribution in [-0.2, 0) is 4.79 Å². The Hall–Kier alpha value is -2.10. The molecule has 0 spiro atoms. The standard InChI is InChI=1S/C16H17NO3/c1-11-6-7-12-4-2-5-13(15(12)17-11)20-16(8-3-9-16)10-14(18)19/h2,4-7H,3,8-10H2,1H3,(H,18,19). The average Bonchev–Trinajstić information content (AvgIpc) is 2.36. The second kappa shape index (κ2) is 4.78. The van der Waals surface area contributed by atoms with Crippen molar-refractivity contribution in [3.8, 4) is 5.75 Å². The number of para-hydroxylation sites is 1. The number of aliphatic carboxylic acids is 1. The molecule has 0 amide bonds. The van der Waals surface area contributed by atoms with Crippen LogP contribution in [0.25, 0.3) is 10.9 Å². The summed E-state index contributed by atoms with van der Waals surface area (Å²) < 4.78 is 6.07. The molecule has 1 saturated carbocycles. The molecule has 1 N–H and O–H groups in total. The largest absolute Gasteiger partial charge is 0.484 e. The van der Waals surface area contributed by atoms with E-state index in [0.717, 1.165) is 35.9 Å². The number of carboxylic acids is 1. The van der Waals surface area contributed by atoms with Crippen molar-refractivity contribution in [3.63, 3.8) is 0 Å². The molecule has 1 aromatic carbocycles. The van der Waals surface area contributed by atoms with E-state index < -0.39 is 11.6 Å². The van der Waals surface area contributed by atoms with Gasteiger partial charge in [0.25, 0.3) is 0 Å². The van der Waals surface area contributed by atoms with Crippen molar-refractivity contribution < 1.29 is 14.6 Å². The van der Waals surface area contributed by atoms with Crippen LogP contribution in [0.4, 0.5) is 0 Å². The minimum absolute atomic E-state index is 0.0508. The highest BCUT2D eigenvalue weighted by Gasteiger charge is 2.41. The highest BCUT2D eigenvalue weighted by atomic mass is 16.5. The number of carboxylic acid groups (broad SMARTS) is 1. The Bertz CT molecular complexity index is 662. The Morgan fingerprint density at radius 3 is 2.80 bits per heavy atom. The van der Waals surface area contributed by atoms with Gasteiger partial charge in [0.2, 0.25) is 0 Å². The summed E-state index contributed by atoms with van der Waals surface area (Å²) in [5, 5.41) is 10.1. The number of aromatic nitrogens is 1. The van der Waals surface area contributed by atoms with Crippen LogP contribution in [0, 0.1) is 6.92 Å². The van der Waals surface area contributed by atoms with Crippen molar-refractivity contribution in [1.29, 1.82) is 0 Å². The van der Waals surface area contributed by atoms with Crippen LogP contribution in [0.3, 0.4) is 0 Å². The topological polar surface area (TPSA) is 59.4 Å². The molecule has 1 aliphatic carbocycles. The lowest BCUT2D eigenvalue weighted by Crippen LogP contribution is -2.45. The molecule has 4 heteroatoms. The zero-order valence-electron chi connectivity index (χ0n) is 11.4. The summed E-state index contributed by atoms with van der Waals surface area (Å²) in [6, 6.07) is 9.75. The molecule has 3 rings (SSSR count). The molecule has 0 bridgehead atoms. The number of hydrogen-bond donors (Lipinski definition) is 1. The third-order valence-electron chi connectivity index (χ3n) is 3.89. The molecule has 0 unspecified atom stereocenters. The minimum atomic E-state index is -0.811. The second-order valence-electron chi connectivity index (χ2n) is 5.49. The van der Waals surface area contributed by atoms with Crippen LogP contribution in [-0.4, -0.2) is 21.7 Å². The first kappa shape index (κ1) is 12.9. The number of aryl methyl sites for hydroxylation is 1. The van der Waals surface area contributed by atoms with Gasteiger partial charge in [0.05, 0.1) is 6.42 Å². The Labute approximate surface area is 117 Å². The van der Waals surface area contributed by atoms with Crippen LogP contribution in [0.15, 0.2) is 30.3 Å². The number of rotatable bonds is 4. The minimum Gasteiger partial charge on any atom is -0.484 e. The van der Waals surface area contributed by atoms with E-state index in [1.54, 1.807) is 0 Å². The summed E-state index contributed by atoms with van der Waals surface area (Å²) in [5.41, 5.74) is 1.18. The first-order valence-electron chi connectivity index (χ1n) is 6.85. The highest BCUT2D eigenvalue weighted by Crippen LogP contribution is 2.40. The fourth-order valence-corrected chi connectivity index (χ4v) is 2.69. The number of pyridine rings is 1. The molecule has 104 valence electrons. The molecule has 0 radical (unpaired) electrons. The zero-order chi connectivity index (χ0) is 14.2. The van der Waals surface area contributed by atoms with E-state index in [-0.39, 0.29) is 6.42 Å². The van der Waals surface area contributed by atoms with Crippen LogP contribution < -0.4 is 4.74 Å². The second-order valence-corrected chi connectivity index (χ2v) is 5.49. The quantitative estimate of drug-likeness (QED) is 0.926. The predicted molar refractivity (Wildman–Crippen MR) is 75.9 cm³/mol. The SMILES string of the molecule is Cc1ccc2cccc(OC3(CC(=O)O)CCC3)c2n1. The van der Waals surface area contributed by atoms with Gasteiger partial charge in [-0.05, 0) is 38.3 Å². The van der Waals surface area contributed by atoms with E-state index in [4.69, 9.17) is 9.84 Å². The van der Waals surface area contributed by atoms with Crippen molar-refractivity contribution in [2.24, 2.45) is 0 Å². The van der Waals surface area contributed by atoms with E-state index in [0.29, 0.717) is 5.75 Å². The third kappa shape index (κ3) is 2.33. The van der Waals surface area contributed by atoms with E-state index in [1.165, 1.54) is 0 Å². The van der Waals surface area contributed by atoms with Crippen molar-refractivity contribution in [1.82, 2.24) is 4.98 Å². The fourth-order valence-electron chi connectivity index (χ4n) is 2.69. The number of nitrogens with zero attached hydrogens (tertiary/aromatic N) is 1. The normalized spacial score (nSPS) is 16.6. The molecule has 1 heterocycles. The van der Waals surface area contributed by atoms with E-state index in [1.807, 2.05) is 37.3 Å². The number of benzene rings is 1. The molecule has 4 nitrogen and oxygen atoms in total.